The molecule has 5 nitrogen and oxygen atoms in total. The number of nitrogens with two attached hydrogens (primary N) is 1. The molecule has 2 heterocycles. The molecule has 3 rings (SSSR count). The second-order valence-corrected chi connectivity index (χ2v) is 7.12. The Hall–Kier alpha value is -1.59. The third-order valence-electron chi connectivity index (χ3n) is 5.56. The van der Waals surface area contributed by atoms with Gasteiger partial charge in [0.05, 0.1) is 6.04 Å². The molecule has 2 fully saturated rings. The van der Waals surface area contributed by atoms with Crippen molar-refractivity contribution in [3.63, 3.8) is 0 Å². The average molecular weight is 330 g/mol. The van der Waals surface area contributed by atoms with Crippen LogP contribution < -0.4 is 11.1 Å². The topological polar surface area (TPSA) is 61.6 Å². The number of nitrogen functional groups attached to an aromatic ring is 1. The Labute approximate surface area is 145 Å². The van der Waals surface area contributed by atoms with Gasteiger partial charge in [0.25, 0.3) is 0 Å². The van der Waals surface area contributed by atoms with Gasteiger partial charge in [-0.3, -0.25) is 4.79 Å². The zero-order valence-electron chi connectivity index (χ0n) is 14.7. The summed E-state index contributed by atoms with van der Waals surface area (Å²) < 4.78 is 0. The summed E-state index contributed by atoms with van der Waals surface area (Å²) in [5.74, 6) is 0.281. The summed E-state index contributed by atoms with van der Waals surface area (Å²) in [6, 6.07) is 8.56. The molecular formula is C19H30N4O. The number of carbonyl (C=O) groups is 1. The molecule has 0 saturated carbocycles. The van der Waals surface area contributed by atoms with Crippen molar-refractivity contribution in [1.29, 1.82) is 0 Å². The van der Waals surface area contributed by atoms with Crippen LogP contribution in [0.4, 0.5) is 5.69 Å². The van der Waals surface area contributed by atoms with E-state index in [0.717, 1.165) is 64.0 Å². The maximum atomic E-state index is 12.5. The van der Waals surface area contributed by atoms with Gasteiger partial charge in [-0.15, -0.1) is 0 Å². The van der Waals surface area contributed by atoms with Crippen LogP contribution in [0.25, 0.3) is 0 Å². The van der Waals surface area contributed by atoms with Gasteiger partial charge in [-0.25, -0.2) is 0 Å². The third-order valence-corrected chi connectivity index (χ3v) is 5.56. The molecule has 1 aromatic carbocycles. The molecule has 1 aromatic rings. The lowest BCUT2D eigenvalue weighted by Crippen LogP contribution is -2.50. The van der Waals surface area contributed by atoms with E-state index in [1.165, 1.54) is 5.56 Å². The number of nitrogens with one attached hydrogen (secondary N) is 1. The number of carbonyl (C=O) groups excluding carboxylic acids is 1. The third kappa shape index (κ3) is 4.08. The van der Waals surface area contributed by atoms with Crippen molar-refractivity contribution in [2.24, 2.45) is 0 Å². The SMILES string of the molecule is CN(C(=O)[C@@H]1CCCN1)C1CCN(CCc2ccccc2N)CC1. The summed E-state index contributed by atoms with van der Waals surface area (Å²) in [5, 5.41) is 3.32. The lowest BCUT2D eigenvalue weighted by Gasteiger charge is -2.37. The number of piperidine rings is 1. The van der Waals surface area contributed by atoms with Gasteiger partial charge in [0.15, 0.2) is 0 Å². The fraction of sp³-hybridized carbons (Fsp3) is 0.632. The van der Waals surface area contributed by atoms with Crippen LogP contribution in [-0.2, 0) is 11.2 Å². The number of hydrogen-bond donors (Lipinski definition) is 2. The zero-order valence-corrected chi connectivity index (χ0v) is 14.7. The lowest BCUT2D eigenvalue weighted by molar-refractivity contribution is -0.134. The van der Waals surface area contributed by atoms with E-state index >= 15 is 0 Å². The average Bonchev–Trinajstić information content (AvgIpc) is 3.15. The summed E-state index contributed by atoms with van der Waals surface area (Å²) >= 11 is 0. The lowest BCUT2D eigenvalue weighted by atomic mass is 10.0. The maximum Gasteiger partial charge on any atom is 0.239 e. The maximum absolute atomic E-state index is 12.5. The molecule has 1 atom stereocenters. The van der Waals surface area contributed by atoms with Gasteiger partial charge < -0.3 is 20.9 Å². The molecule has 0 spiro atoms. The van der Waals surface area contributed by atoms with Crippen LogP contribution >= 0.6 is 0 Å². The fourth-order valence-electron chi connectivity index (χ4n) is 3.89. The molecule has 2 aliphatic rings. The Morgan fingerprint density at radius 1 is 1.29 bits per heavy atom. The number of nitrogens with zero attached hydrogens (tertiary/aromatic N) is 2. The standard InChI is InChI=1S/C19H30N4O/c1-22(19(24)18-7-4-11-21-18)16-9-13-23(14-10-16)12-8-15-5-2-3-6-17(15)20/h2-3,5-6,16,18,21H,4,7-14,20H2,1H3/t18-/m0/s1. The Bertz CT molecular complexity index is 548. The number of likely N-dealkylation sites (N-methyl/N-ethyl adjacent to an activating group) is 1. The van der Waals surface area contributed by atoms with Crippen LogP contribution in [0.3, 0.4) is 0 Å². The minimum absolute atomic E-state index is 0.0501. The first kappa shape index (κ1) is 17.2. The molecule has 0 unspecified atom stereocenters. The van der Waals surface area contributed by atoms with Crippen molar-refractivity contribution in [1.82, 2.24) is 15.1 Å². The van der Waals surface area contributed by atoms with Gasteiger partial charge in [-0.2, -0.15) is 0 Å². The molecule has 24 heavy (non-hydrogen) atoms. The van der Waals surface area contributed by atoms with Crippen LogP contribution in [0.15, 0.2) is 24.3 Å². The van der Waals surface area contributed by atoms with Crippen LogP contribution in [0.2, 0.25) is 0 Å². The normalized spacial score (nSPS) is 22.6. The Kier molecular flexibility index (Phi) is 5.74. The summed E-state index contributed by atoms with van der Waals surface area (Å²) in [7, 11) is 1.98. The van der Waals surface area contributed by atoms with E-state index in [-0.39, 0.29) is 11.9 Å². The number of hydrogen-bond acceptors (Lipinski definition) is 4. The largest absolute Gasteiger partial charge is 0.399 e. The highest BCUT2D eigenvalue weighted by Crippen LogP contribution is 2.19. The molecule has 0 aliphatic carbocycles. The summed E-state index contributed by atoms with van der Waals surface area (Å²) in [4.78, 5) is 17.0. The van der Waals surface area contributed by atoms with Crippen LogP contribution in [0, 0.1) is 0 Å². The van der Waals surface area contributed by atoms with Crippen molar-refractivity contribution in [3.05, 3.63) is 29.8 Å². The first-order chi connectivity index (χ1) is 11.6. The minimum Gasteiger partial charge on any atom is -0.399 e. The van der Waals surface area contributed by atoms with Crippen LogP contribution in [0.1, 0.15) is 31.2 Å². The first-order valence-corrected chi connectivity index (χ1v) is 9.21. The van der Waals surface area contributed by atoms with E-state index in [0.29, 0.717) is 6.04 Å². The minimum atomic E-state index is 0.0501. The van der Waals surface area contributed by atoms with Crippen molar-refractivity contribution < 1.29 is 4.79 Å². The van der Waals surface area contributed by atoms with Crippen molar-refractivity contribution in [2.75, 3.05) is 39.0 Å². The van der Waals surface area contributed by atoms with Crippen LogP contribution in [0.5, 0.6) is 0 Å². The van der Waals surface area contributed by atoms with Crippen molar-refractivity contribution in [3.8, 4) is 0 Å². The highest BCUT2D eigenvalue weighted by Gasteiger charge is 2.30. The van der Waals surface area contributed by atoms with Crippen molar-refractivity contribution in [2.45, 2.75) is 44.2 Å². The number of rotatable bonds is 5. The van der Waals surface area contributed by atoms with E-state index in [1.807, 2.05) is 24.1 Å². The predicted molar refractivity (Wildman–Crippen MR) is 97.8 cm³/mol. The molecule has 1 amide bonds. The molecule has 0 radical (unpaired) electrons. The molecular weight excluding hydrogens is 300 g/mol. The molecule has 2 aliphatic heterocycles. The van der Waals surface area contributed by atoms with Gasteiger partial charge in [0.1, 0.15) is 0 Å². The summed E-state index contributed by atoms with van der Waals surface area (Å²) in [6.45, 7) is 4.15. The number of para-hydroxylation sites is 1. The first-order valence-electron chi connectivity index (χ1n) is 9.21. The highest BCUT2D eigenvalue weighted by atomic mass is 16.2. The van der Waals surface area contributed by atoms with E-state index in [9.17, 15) is 4.79 Å². The summed E-state index contributed by atoms with van der Waals surface area (Å²) in [5.41, 5.74) is 8.15. The molecule has 5 heteroatoms. The molecule has 2 saturated heterocycles. The smallest absolute Gasteiger partial charge is 0.239 e. The molecule has 3 N–H and O–H groups in total. The number of anilines is 1. The monoisotopic (exact) mass is 330 g/mol. The van der Waals surface area contributed by atoms with E-state index in [2.05, 4.69) is 22.3 Å². The van der Waals surface area contributed by atoms with Gasteiger partial charge >= 0.3 is 0 Å². The fourth-order valence-corrected chi connectivity index (χ4v) is 3.89. The van der Waals surface area contributed by atoms with E-state index in [1.54, 1.807) is 0 Å². The van der Waals surface area contributed by atoms with Gasteiger partial charge in [-0.1, -0.05) is 18.2 Å². The van der Waals surface area contributed by atoms with Gasteiger partial charge in [-0.05, 0) is 50.3 Å². The Morgan fingerprint density at radius 3 is 2.71 bits per heavy atom. The zero-order chi connectivity index (χ0) is 16.9. The van der Waals surface area contributed by atoms with E-state index in [4.69, 9.17) is 5.73 Å². The second-order valence-electron chi connectivity index (χ2n) is 7.12. The van der Waals surface area contributed by atoms with Gasteiger partial charge in [0, 0.05) is 38.4 Å². The van der Waals surface area contributed by atoms with Crippen molar-refractivity contribution >= 4 is 11.6 Å². The predicted octanol–water partition coefficient (Wildman–Crippen LogP) is 1.49. The van der Waals surface area contributed by atoms with Crippen LogP contribution in [-0.4, -0.2) is 61.0 Å². The Morgan fingerprint density at radius 2 is 2.04 bits per heavy atom. The quantitative estimate of drug-likeness (QED) is 0.803. The summed E-state index contributed by atoms with van der Waals surface area (Å²) in [6.07, 6.45) is 5.24. The van der Waals surface area contributed by atoms with Gasteiger partial charge in [0.2, 0.25) is 5.91 Å². The molecule has 132 valence electrons. The number of amides is 1. The van der Waals surface area contributed by atoms with E-state index < -0.39 is 0 Å². The number of benzene rings is 1. The second kappa shape index (κ2) is 7.99. The molecule has 0 bridgehead atoms. The highest BCUT2D eigenvalue weighted by molar-refractivity contribution is 5.82. The number of likely N-dealkylation sites (tertiary alicyclic amines) is 1. The Balaban J connectivity index is 1.43. The molecule has 0 aromatic heterocycles.